The van der Waals surface area contributed by atoms with Crippen LogP contribution in [0.5, 0.6) is 0 Å². The van der Waals surface area contributed by atoms with Gasteiger partial charge in [0.05, 0.1) is 0 Å². The van der Waals surface area contributed by atoms with Crippen LogP contribution in [-0.2, 0) is 20.0 Å². The van der Waals surface area contributed by atoms with Gasteiger partial charge in [0.1, 0.15) is 25.2 Å². The van der Waals surface area contributed by atoms with Gasteiger partial charge in [-0.2, -0.15) is 26.3 Å². The summed E-state index contributed by atoms with van der Waals surface area (Å²) < 4.78 is 112. The second kappa shape index (κ2) is 12.1. The average Bonchev–Trinajstić information content (AvgIpc) is 3.37. The number of hydrogen-bond donors (Lipinski definition) is 0. The van der Waals surface area contributed by atoms with Crippen molar-refractivity contribution in [2.24, 2.45) is 0 Å². The molecule has 1 aliphatic rings. The molecule has 0 N–H and O–H groups in total. The summed E-state index contributed by atoms with van der Waals surface area (Å²) >= 11 is 0. The van der Waals surface area contributed by atoms with Crippen molar-refractivity contribution < 1.29 is 47.8 Å². The summed E-state index contributed by atoms with van der Waals surface area (Å²) in [5.41, 5.74) is -10.7. The molecule has 2 atom stereocenters. The monoisotopic (exact) mass is 534 g/mol. The normalized spacial score (nSPS) is 19.5. The van der Waals surface area contributed by atoms with Crippen LogP contribution < -0.4 is 0 Å². The summed E-state index contributed by atoms with van der Waals surface area (Å²) in [7, 11) is -13.4. The number of nitrogens with zero attached hydrogens (tertiary/aromatic N) is 4. The van der Waals surface area contributed by atoms with E-state index in [1.54, 1.807) is 5.71 Å². The van der Waals surface area contributed by atoms with Crippen molar-refractivity contribution in [3.63, 3.8) is 0 Å². The maximum absolute atomic E-state index is 11.4. The first-order chi connectivity index (χ1) is 14.9. The molecule has 1 rings (SSSR count). The number of halogens is 6. The molecule has 2 unspecified atom stereocenters. The van der Waals surface area contributed by atoms with E-state index in [0.29, 0.717) is 12.1 Å². The Bertz CT molecular complexity index is 797. The van der Waals surface area contributed by atoms with Crippen LogP contribution in [0.25, 0.3) is 4.13 Å². The first-order valence-corrected chi connectivity index (χ1v) is 13.2. The first kappa shape index (κ1) is 32.0. The molecule has 1 saturated carbocycles. The minimum atomic E-state index is -6.72. The zero-order valence-corrected chi connectivity index (χ0v) is 21.0. The third-order valence-corrected chi connectivity index (χ3v) is 7.86. The SMILES string of the molecule is CCN(CC)C1C(=[N+](CC)CC)C1N(CC)CC.O=S(=O)([N-]S(=O)(=O)C(F)(F)F)C(F)(F)F. The molecule has 8 nitrogen and oxygen atoms in total. The molecule has 1 aliphatic carbocycles. The zero-order valence-electron chi connectivity index (χ0n) is 19.4. The molecule has 0 spiro atoms. The smallest absolute Gasteiger partial charge is 0.421 e. The molecule has 16 heteroatoms. The zero-order chi connectivity index (χ0) is 26.4. The van der Waals surface area contributed by atoms with E-state index in [-0.39, 0.29) is 0 Å². The van der Waals surface area contributed by atoms with E-state index in [1.807, 2.05) is 0 Å². The van der Waals surface area contributed by atoms with Gasteiger partial charge in [-0.3, -0.25) is 9.80 Å². The van der Waals surface area contributed by atoms with Crippen molar-refractivity contribution in [2.45, 2.75) is 64.6 Å². The Morgan fingerprint density at radius 1 is 0.697 bits per heavy atom. The molecule has 0 aromatic carbocycles. The fourth-order valence-corrected chi connectivity index (χ4v) is 5.12. The highest BCUT2D eigenvalue weighted by Gasteiger charge is 2.58. The molecule has 0 bridgehead atoms. The Hall–Kier alpha value is -0.970. The molecule has 0 saturated heterocycles. The lowest BCUT2D eigenvalue weighted by Crippen LogP contribution is -2.34. The van der Waals surface area contributed by atoms with Crippen LogP contribution in [0, 0.1) is 0 Å². The predicted molar refractivity (Wildman–Crippen MR) is 113 cm³/mol. The fraction of sp³-hybridized carbons (Fsp3) is 0.941. The fourth-order valence-electron chi connectivity index (χ4n) is 3.41. The highest BCUT2D eigenvalue weighted by molar-refractivity contribution is 8.13. The topological polar surface area (TPSA) is 91.9 Å². The molecular weight excluding hydrogens is 502 g/mol. The number of hydrogen-bond acceptors (Lipinski definition) is 6. The standard InChI is InChI=1S/C15H32N3.C2F6NO4S2/c1-7-16(8-2)13-14(17(9-3)10-4)15(13)18(11-5)12-6;3-1(4,5)14(10,11)9-15(12,13)2(6,7)8/h13-14H,7-12H2,1-6H3;/q+1;-1. The van der Waals surface area contributed by atoms with Crippen molar-refractivity contribution in [3.8, 4) is 0 Å². The van der Waals surface area contributed by atoms with Gasteiger partial charge in [-0.15, -0.1) is 0 Å². The maximum Gasteiger partial charge on any atom is 0.480 e. The second-order valence-corrected chi connectivity index (χ2v) is 10.3. The van der Waals surface area contributed by atoms with Gasteiger partial charge in [0.2, 0.25) is 0 Å². The number of likely N-dealkylation sites (N-methyl/N-ethyl adjacent to an activating group) is 2. The third-order valence-electron chi connectivity index (χ3n) is 5.12. The van der Waals surface area contributed by atoms with Crippen molar-refractivity contribution in [3.05, 3.63) is 4.13 Å². The number of rotatable bonds is 10. The summed E-state index contributed by atoms with van der Waals surface area (Å²) in [5, 5.41) is 0. The largest absolute Gasteiger partial charge is 0.480 e. The van der Waals surface area contributed by atoms with E-state index in [1.165, 1.54) is 0 Å². The molecule has 198 valence electrons. The van der Waals surface area contributed by atoms with Gasteiger partial charge in [-0.1, -0.05) is 27.7 Å². The lowest BCUT2D eigenvalue weighted by Gasteiger charge is -2.22. The van der Waals surface area contributed by atoms with E-state index in [9.17, 15) is 43.2 Å². The third kappa shape index (κ3) is 8.04. The Morgan fingerprint density at radius 3 is 1.15 bits per heavy atom. The Labute approximate surface area is 191 Å². The summed E-state index contributed by atoms with van der Waals surface area (Å²) in [6, 6.07) is 1.33. The van der Waals surface area contributed by atoms with Crippen LogP contribution in [0.4, 0.5) is 26.3 Å². The first-order valence-electron chi connectivity index (χ1n) is 10.4. The average molecular weight is 535 g/mol. The van der Waals surface area contributed by atoms with Crippen LogP contribution >= 0.6 is 0 Å². The summed E-state index contributed by atoms with van der Waals surface area (Å²) in [5.74, 6) is 0. The van der Waals surface area contributed by atoms with Crippen LogP contribution in [0.15, 0.2) is 0 Å². The van der Waals surface area contributed by atoms with E-state index in [0.717, 1.165) is 43.4 Å². The highest BCUT2D eigenvalue weighted by Crippen LogP contribution is 2.36. The van der Waals surface area contributed by atoms with Gasteiger partial charge in [-0.25, -0.2) is 21.4 Å². The summed E-state index contributed by atoms with van der Waals surface area (Å²) in [6.07, 6.45) is 0. The van der Waals surface area contributed by atoms with E-state index < -0.39 is 31.1 Å². The van der Waals surface area contributed by atoms with E-state index in [4.69, 9.17) is 0 Å². The lowest BCUT2D eigenvalue weighted by atomic mass is 10.4. The van der Waals surface area contributed by atoms with Gasteiger partial charge in [0.15, 0.2) is 25.8 Å². The Kier molecular flexibility index (Phi) is 11.8. The summed E-state index contributed by atoms with van der Waals surface area (Å²) in [4.78, 5) is 5.22. The molecular formula is C17H32F6N4O4S2. The van der Waals surface area contributed by atoms with Gasteiger partial charge in [0.25, 0.3) is 0 Å². The van der Waals surface area contributed by atoms with Crippen molar-refractivity contribution in [1.82, 2.24) is 9.80 Å². The van der Waals surface area contributed by atoms with Gasteiger partial charge in [-0.05, 0) is 40.0 Å². The molecule has 0 aromatic heterocycles. The summed E-state index contributed by atoms with van der Waals surface area (Å²) in [6.45, 7) is 20.6. The quantitative estimate of drug-likeness (QED) is 0.316. The highest BCUT2D eigenvalue weighted by atomic mass is 32.3. The molecule has 33 heavy (non-hydrogen) atoms. The van der Waals surface area contributed by atoms with Crippen LogP contribution in [0.3, 0.4) is 0 Å². The van der Waals surface area contributed by atoms with Crippen LogP contribution in [0.2, 0.25) is 0 Å². The van der Waals surface area contributed by atoms with Crippen molar-refractivity contribution >= 4 is 25.8 Å². The number of sulfonamides is 2. The predicted octanol–water partition coefficient (Wildman–Crippen LogP) is 2.97. The van der Waals surface area contributed by atoms with Crippen LogP contribution in [-0.4, -0.2) is 99.3 Å². The molecule has 0 aromatic rings. The van der Waals surface area contributed by atoms with E-state index >= 15 is 0 Å². The molecule has 0 radical (unpaired) electrons. The van der Waals surface area contributed by atoms with Crippen LogP contribution in [0.1, 0.15) is 41.5 Å². The molecule has 0 aliphatic heterocycles. The van der Waals surface area contributed by atoms with Gasteiger partial charge in [0, 0.05) is 0 Å². The van der Waals surface area contributed by atoms with E-state index in [2.05, 4.69) is 55.9 Å². The maximum atomic E-state index is 11.4. The minimum Gasteiger partial charge on any atom is -0.421 e. The Balaban J connectivity index is 0.000000633. The molecule has 0 heterocycles. The second-order valence-electron chi connectivity index (χ2n) is 6.85. The molecule has 0 amide bonds. The lowest BCUT2D eigenvalue weighted by molar-refractivity contribution is -0.519. The minimum absolute atomic E-state index is 0.666. The van der Waals surface area contributed by atoms with Crippen molar-refractivity contribution in [1.29, 1.82) is 0 Å². The van der Waals surface area contributed by atoms with Gasteiger partial charge >= 0.3 is 11.0 Å². The number of alkyl halides is 6. The van der Waals surface area contributed by atoms with Crippen molar-refractivity contribution in [2.75, 3.05) is 39.3 Å². The Morgan fingerprint density at radius 2 is 0.970 bits per heavy atom. The molecule has 1 fully saturated rings. The van der Waals surface area contributed by atoms with Gasteiger partial charge < -0.3 is 4.13 Å².